The van der Waals surface area contributed by atoms with Gasteiger partial charge in [-0.05, 0) is 37.1 Å². The Bertz CT molecular complexity index is 1120. The van der Waals surface area contributed by atoms with Crippen LogP contribution in [0.3, 0.4) is 0 Å². The zero-order valence-electron chi connectivity index (χ0n) is 18.5. The Morgan fingerprint density at radius 3 is 1.59 bits per heavy atom. The second kappa shape index (κ2) is 8.22. The SMILES string of the molecule is CC(C)(Cc1sc(N)nc1-c1ccco1)C(=O)C(C)(C)Cc1sc(N)nc1-c1ccco1. The minimum Gasteiger partial charge on any atom is -0.463 e. The van der Waals surface area contributed by atoms with Crippen LogP contribution in [0.25, 0.3) is 22.9 Å². The third kappa shape index (κ3) is 4.35. The van der Waals surface area contributed by atoms with Crippen molar-refractivity contribution in [3.05, 3.63) is 46.5 Å². The molecule has 32 heavy (non-hydrogen) atoms. The van der Waals surface area contributed by atoms with Crippen molar-refractivity contribution in [2.45, 2.75) is 40.5 Å². The topological polar surface area (TPSA) is 121 Å². The number of carbonyl (C=O) groups excluding carboxylic acids is 1. The van der Waals surface area contributed by atoms with Crippen molar-refractivity contribution < 1.29 is 13.6 Å². The number of hydrogen-bond donors (Lipinski definition) is 2. The van der Waals surface area contributed by atoms with Crippen LogP contribution < -0.4 is 11.5 Å². The molecule has 9 heteroatoms. The average molecular weight is 471 g/mol. The van der Waals surface area contributed by atoms with E-state index in [1.165, 1.54) is 22.7 Å². The summed E-state index contributed by atoms with van der Waals surface area (Å²) in [4.78, 5) is 24.5. The zero-order chi connectivity index (χ0) is 23.1. The molecule has 168 valence electrons. The summed E-state index contributed by atoms with van der Waals surface area (Å²) < 4.78 is 11.0. The Morgan fingerprint density at radius 1 is 0.844 bits per heavy atom. The number of anilines is 2. The van der Waals surface area contributed by atoms with E-state index < -0.39 is 10.8 Å². The fourth-order valence-electron chi connectivity index (χ4n) is 4.07. The molecule has 0 aromatic carbocycles. The molecular weight excluding hydrogens is 444 g/mol. The molecule has 0 atom stereocenters. The van der Waals surface area contributed by atoms with Gasteiger partial charge in [0.05, 0.1) is 12.5 Å². The first-order chi connectivity index (χ1) is 15.1. The minimum atomic E-state index is -0.648. The van der Waals surface area contributed by atoms with Gasteiger partial charge in [0.2, 0.25) is 0 Å². The van der Waals surface area contributed by atoms with Gasteiger partial charge >= 0.3 is 0 Å². The quantitative estimate of drug-likeness (QED) is 0.339. The predicted octanol–water partition coefficient (Wildman–Crippen LogP) is 5.69. The number of ketones is 1. The average Bonchev–Trinajstić information content (AvgIpc) is 3.48. The third-order valence-corrected chi connectivity index (χ3v) is 7.14. The Hall–Kier alpha value is -2.91. The third-order valence-electron chi connectivity index (χ3n) is 5.37. The predicted molar refractivity (Wildman–Crippen MR) is 128 cm³/mol. The zero-order valence-corrected chi connectivity index (χ0v) is 20.1. The lowest BCUT2D eigenvalue weighted by molar-refractivity contribution is -0.135. The molecule has 0 fully saturated rings. The lowest BCUT2D eigenvalue weighted by atomic mass is 9.70. The Balaban J connectivity index is 1.59. The van der Waals surface area contributed by atoms with E-state index in [0.29, 0.717) is 46.0 Å². The van der Waals surface area contributed by atoms with Gasteiger partial charge in [0.15, 0.2) is 21.8 Å². The molecule has 0 saturated carbocycles. The van der Waals surface area contributed by atoms with Gasteiger partial charge in [-0.1, -0.05) is 27.7 Å². The van der Waals surface area contributed by atoms with Gasteiger partial charge in [-0.15, -0.1) is 22.7 Å². The van der Waals surface area contributed by atoms with Gasteiger partial charge in [0.1, 0.15) is 17.2 Å². The lowest BCUT2D eigenvalue weighted by Crippen LogP contribution is -2.39. The summed E-state index contributed by atoms with van der Waals surface area (Å²) in [6.07, 6.45) is 4.23. The molecule has 0 unspecified atom stereocenters. The number of nitrogens with two attached hydrogens (primary N) is 2. The largest absolute Gasteiger partial charge is 0.463 e. The number of hydrogen-bond acceptors (Lipinski definition) is 9. The first-order valence-corrected chi connectivity index (χ1v) is 11.8. The van der Waals surface area contributed by atoms with Gasteiger partial charge in [0, 0.05) is 20.6 Å². The number of furan rings is 2. The summed E-state index contributed by atoms with van der Waals surface area (Å²) in [5.41, 5.74) is 12.1. The van der Waals surface area contributed by atoms with Crippen LogP contribution in [0.4, 0.5) is 10.3 Å². The summed E-state index contributed by atoms with van der Waals surface area (Å²) >= 11 is 2.79. The Labute approximate surface area is 194 Å². The fraction of sp³-hybridized carbons (Fsp3) is 0.348. The van der Waals surface area contributed by atoms with Crippen LogP contribution >= 0.6 is 22.7 Å². The van der Waals surface area contributed by atoms with Crippen LogP contribution in [-0.2, 0) is 17.6 Å². The number of aromatic nitrogens is 2. The summed E-state index contributed by atoms with van der Waals surface area (Å²) in [6.45, 7) is 7.86. The van der Waals surface area contributed by atoms with Crippen molar-refractivity contribution in [3.8, 4) is 22.9 Å². The van der Waals surface area contributed by atoms with E-state index in [0.717, 1.165) is 9.75 Å². The molecule has 0 aliphatic carbocycles. The van der Waals surface area contributed by atoms with Crippen molar-refractivity contribution >= 4 is 38.7 Å². The van der Waals surface area contributed by atoms with Gasteiger partial charge in [-0.3, -0.25) is 4.79 Å². The molecule has 0 saturated heterocycles. The first-order valence-electron chi connectivity index (χ1n) is 10.2. The van der Waals surface area contributed by atoms with E-state index in [-0.39, 0.29) is 5.78 Å². The van der Waals surface area contributed by atoms with E-state index in [2.05, 4.69) is 9.97 Å². The molecule has 0 bridgehead atoms. The standard InChI is InChI=1S/C23H26N4O3S2/c1-22(2,11-15-17(26-20(24)31-15)13-7-5-9-29-13)19(28)23(3,4)12-16-18(27-21(25)32-16)14-8-6-10-30-14/h5-10H,11-12H2,1-4H3,(H2,24,26)(H2,25,27). The molecule has 0 radical (unpaired) electrons. The van der Waals surface area contributed by atoms with Crippen molar-refractivity contribution in [2.75, 3.05) is 11.5 Å². The van der Waals surface area contributed by atoms with E-state index >= 15 is 0 Å². The molecule has 4 heterocycles. The molecule has 0 aliphatic rings. The summed E-state index contributed by atoms with van der Waals surface area (Å²) in [5.74, 6) is 1.44. The Kier molecular flexibility index (Phi) is 5.72. The highest BCUT2D eigenvalue weighted by molar-refractivity contribution is 7.16. The molecular formula is C23H26N4O3S2. The van der Waals surface area contributed by atoms with Gasteiger partial charge < -0.3 is 20.3 Å². The van der Waals surface area contributed by atoms with Crippen LogP contribution in [0.5, 0.6) is 0 Å². The molecule has 4 aromatic rings. The van der Waals surface area contributed by atoms with E-state index in [9.17, 15) is 4.79 Å². The highest BCUT2D eigenvalue weighted by Crippen LogP contribution is 2.41. The molecule has 0 aliphatic heterocycles. The minimum absolute atomic E-state index is 0.139. The number of rotatable bonds is 8. The van der Waals surface area contributed by atoms with Crippen LogP contribution in [0.15, 0.2) is 45.6 Å². The maximum Gasteiger partial charge on any atom is 0.180 e. The van der Waals surface area contributed by atoms with E-state index in [4.69, 9.17) is 20.3 Å². The molecule has 7 nitrogen and oxygen atoms in total. The summed E-state index contributed by atoms with van der Waals surface area (Å²) in [6, 6.07) is 7.32. The van der Waals surface area contributed by atoms with Gasteiger partial charge in [-0.25, -0.2) is 9.97 Å². The second-order valence-corrected chi connectivity index (χ2v) is 11.3. The molecule has 4 rings (SSSR count). The molecule has 4 aromatic heterocycles. The maximum absolute atomic E-state index is 13.8. The molecule has 0 amide bonds. The van der Waals surface area contributed by atoms with Gasteiger partial charge in [-0.2, -0.15) is 0 Å². The van der Waals surface area contributed by atoms with E-state index in [1.54, 1.807) is 12.5 Å². The highest BCUT2D eigenvalue weighted by Gasteiger charge is 2.41. The van der Waals surface area contributed by atoms with Crippen LogP contribution in [0.2, 0.25) is 0 Å². The van der Waals surface area contributed by atoms with E-state index in [1.807, 2.05) is 52.0 Å². The number of thiazole rings is 2. The van der Waals surface area contributed by atoms with Crippen molar-refractivity contribution in [1.29, 1.82) is 0 Å². The first kappa shape index (κ1) is 22.3. The number of Topliss-reactive ketones (excluding diaryl/α,β-unsaturated/α-hetero) is 1. The Morgan fingerprint density at radius 2 is 1.25 bits per heavy atom. The molecule has 4 N–H and O–H groups in total. The second-order valence-electron chi connectivity index (χ2n) is 9.05. The van der Waals surface area contributed by atoms with Crippen LogP contribution in [-0.4, -0.2) is 15.8 Å². The number of carbonyl (C=O) groups is 1. The monoisotopic (exact) mass is 470 g/mol. The smallest absolute Gasteiger partial charge is 0.180 e. The van der Waals surface area contributed by atoms with Gasteiger partial charge in [0.25, 0.3) is 0 Å². The number of nitrogens with zero attached hydrogens (tertiary/aromatic N) is 2. The van der Waals surface area contributed by atoms with Crippen molar-refractivity contribution in [2.24, 2.45) is 10.8 Å². The van der Waals surface area contributed by atoms with Crippen LogP contribution in [0.1, 0.15) is 37.4 Å². The summed E-state index contributed by atoms with van der Waals surface area (Å²) in [7, 11) is 0. The number of nitrogen functional groups attached to an aromatic ring is 2. The highest BCUT2D eigenvalue weighted by atomic mass is 32.1. The normalized spacial score (nSPS) is 12.4. The lowest BCUT2D eigenvalue weighted by Gasteiger charge is -2.33. The van der Waals surface area contributed by atoms with Crippen LogP contribution in [0, 0.1) is 10.8 Å². The van der Waals surface area contributed by atoms with Crippen molar-refractivity contribution in [1.82, 2.24) is 9.97 Å². The summed E-state index contributed by atoms with van der Waals surface area (Å²) in [5, 5.41) is 0.911. The fourth-order valence-corrected chi connectivity index (χ4v) is 6.20. The maximum atomic E-state index is 13.8. The van der Waals surface area contributed by atoms with Crippen molar-refractivity contribution in [3.63, 3.8) is 0 Å². The molecule has 0 spiro atoms.